The number of nitrogens with one attached hydrogen (secondary N) is 4. The molecular formula is C5H10N4O2S. The summed E-state index contributed by atoms with van der Waals surface area (Å²) in [5, 5.41) is 0.111. The van der Waals surface area contributed by atoms with E-state index < -0.39 is 0 Å². The Morgan fingerprint density at radius 1 is 0.917 bits per heavy atom. The largest absolute Gasteiger partial charge is 0.274 e. The Hall–Kier alpha value is -1.37. The lowest BCUT2D eigenvalue weighted by Crippen LogP contribution is -2.51. The van der Waals surface area contributed by atoms with Crippen molar-refractivity contribution in [3.8, 4) is 0 Å². The fourth-order valence-electron chi connectivity index (χ4n) is 0.321. The molecule has 7 heteroatoms. The second-order valence-electron chi connectivity index (χ2n) is 1.94. The monoisotopic (exact) mass is 190 g/mol. The fraction of sp³-hybridized carbons (Fsp3) is 0.400. The number of thiocarbonyl (C=S) groups is 1. The number of carbonyl (C=O) groups excluding carboxylic acids is 2. The minimum absolute atomic E-state index is 0.111. The second-order valence-corrected chi connectivity index (χ2v) is 2.35. The van der Waals surface area contributed by atoms with Gasteiger partial charge >= 0.3 is 0 Å². The van der Waals surface area contributed by atoms with Gasteiger partial charge < -0.3 is 0 Å². The van der Waals surface area contributed by atoms with Gasteiger partial charge in [-0.2, -0.15) is 0 Å². The van der Waals surface area contributed by atoms with E-state index in [-0.39, 0.29) is 16.9 Å². The Kier molecular flexibility index (Phi) is 4.70. The predicted octanol–water partition coefficient (Wildman–Crippen LogP) is -1.45. The summed E-state index contributed by atoms with van der Waals surface area (Å²) in [6.07, 6.45) is 0. The molecule has 0 spiro atoms. The first-order valence-corrected chi connectivity index (χ1v) is 3.52. The molecule has 0 radical (unpaired) electrons. The summed E-state index contributed by atoms with van der Waals surface area (Å²) in [7, 11) is 0. The lowest BCUT2D eigenvalue weighted by molar-refractivity contribution is -0.120. The zero-order valence-corrected chi connectivity index (χ0v) is 7.54. The van der Waals surface area contributed by atoms with Gasteiger partial charge in [-0.1, -0.05) is 0 Å². The third-order valence-corrected chi connectivity index (χ3v) is 0.908. The van der Waals surface area contributed by atoms with E-state index in [1.807, 2.05) is 0 Å². The van der Waals surface area contributed by atoms with Crippen LogP contribution in [0.1, 0.15) is 13.8 Å². The third-order valence-electron chi connectivity index (χ3n) is 0.704. The van der Waals surface area contributed by atoms with Gasteiger partial charge in [0.05, 0.1) is 0 Å². The molecule has 0 aromatic carbocycles. The highest BCUT2D eigenvalue weighted by Gasteiger charge is 1.95. The number of hydrogen-bond acceptors (Lipinski definition) is 3. The average molecular weight is 190 g/mol. The van der Waals surface area contributed by atoms with Gasteiger partial charge in [-0.05, 0) is 12.2 Å². The Morgan fingerprint density at radius 2 is 1.25 bits per heavy atom. The van der Waals surface area contributed by atoms with E-state index in [2.05, 4.69) is 33.9 Å². The highest BCUT2D eigenvalue weighted by atomic mass is 32.1. The smallest absolute Gasteiger partial charge is 0.235 e. The van der Waals surface area contributed by atoms with E-state index >= 15 is 0 Å². The van der Waals surface area contributed by atoms with Crippen LogP contribution in [0.5, 0.6) is 0 Å². The van der Waals surface area contributed by atoms with Crippen molar-refractivity contribution in [2.45, 2.75) is 13.8 Å². The molecule has 0 heterocycles. The SMILES string of the molecule is CC(=O)NNC(=S)NNC(C)=O. The van der Waals surface area contributed by atoms with E-state index in [4.69, 9.17) is 0 Å². The highest BCUT2D eigenvalue weighted by molar-refractivity contribution is 7.80. The van der Waals surface area contributed by atoms with Gasteiger partial charge in [0.15, 0.2) is 0 Å². The van der Waals surface area contributed by atoms with E-state index in [1.165, 1.54) is 13.8 Å². The van der Waals surface area contributed by atoms with Crippen molar-refractivity contribution in [2.75, 3.05) is 0 Å². The van der Waals surface area contributed by atoms with E-state index in [0.29, 0.717) is 0 Å². The minimum atomic E-state index is -0.276. The van der Waals surface area contributed by atoms with Crippen molar-refractivity contribution < 1.29 is 9.59 Å². The number of amides is 2. The van der Waals surface area contributed by atoms with Crippen LogP contribution >= 0.6 is 12.2 Å². The molecule has 0 saturated carbocycles. The summed E-state index contributed by atoms with van der Waals surface area (Å²) >= 11 is 4.64. The number of hydrazine groups is 2. The van der Waals surface area contributed by atoms with Crippen LogP contribution < -0.4 is 21.7 Å². The van der Waals surface area contributed by atoms with Crippen LogP contribution in [0.4, 0.5) is 0 Å². The number of rotatable bonds is 0. The molecule has 0 aromatic rings. The predicted molar refractivity (Wildman–Crippen MR) is 46.5 cm³/mol. The van der Waals surface area contributed by atoms with E-state index in [1.54, 1.807) is 0 Å². The van der Waals surface area contributed by atoms with Crippen LogP contribution in [0.2, 0.25) is 0 Å². The first-order valence-electron chi connectivity index (χ1n) is 3.11. The van der Waals surface area contributed by atoms with Crippen molar-refractivity contribution >= 4 is 29.1 Å². The number of hydrogen-bond donors (Lipinski definition) is 4. The molecule has 0 unspecified atom stereocenters. The first-order chi connectivity index (χ1) is 5.52. The summed E-state index contributed by atoms with van der Waals surface area (Å²) in [6, 6.07) is 0. The summed E-state index contributed by atoms with van der Waals surface area (Å²) in [5.41, 5.74) is 9.14. The van der Waals surface area contributed by atoms with E-state index in [9.17, 15) is 9.59 Å². The van der Waals surface area contributed by atoms with Crippen molar-refractivity contribution in [1.29, 1.82) is 0 Å². The zero-order chi connectivity index (χ0) is 9.56. The molecule has 68 valence electrons. The second kappa shape index (κ2) is 5.30. The van der Waals surface area contributed by atoms with Gasteiger partial charge in [-0.3, -0.25) is 31.3 Å². The molecule has 0 saturated heterocycles. The molecule has 0 aliphatic rings. The molecule has 12 heavy (non-hydrogen) atoms. The molecule has 0 aliphatic carbocycles. The van der Waals surface area contributed by atoms with Gasteiger partial charge in [0.2, 0.25) is 16.9 Å². The van der Waals surface area contributed by atoms with Crippen molar-refractivity contribution in [3.63, 3.8) is 0 Å². The topological polar surface area (TPSA) is 82.3 Å². The molecule has 0 aromatic heterocycles. The standard InChI is InChI=1S/C5H10N4O2S/c1-3(10)6-8-5(12)9-7-4(2)11/h1-2H3,(H,6,10)(H,7,11)(H2,8,9,12). The van der Waals surface area contributed by atoms with Gasteiger partial charge in [-0.25, -0.2) is 0 Å². The third kappa shape index (κ3) is 6.75. The van der Waals surface area contributed by atoms with Gasteiger partial charge in [0, 0.05) is 13.8 Å². The summed E-state index contributed by atoms with van der Waals surface area (Å²) in [5.74, 6) is -0.552. The first kappa shape index (κ1) is 10.6. The molecule has 0 fully saturated rings. The van der Waals surface area contributed by atoms with Crippen LogP contribution in [-0.4, -0.2) is 16.9 Å². The van der Waals surface area contributed by atoms with Crippen molar-refractivity contribution in [1.82, 2.24) is 21.7 Å². The maximum absolute atomic E-state index is 10.3. The molecule has 0 bridgehead atoms. The summed E-state index contributed by atoms with van der Waals surface area (Å²) in [6.45, 7) is 2.65. The Balaban J connectivity index is 3.47. The lowest BCUT2D eigenvalue weighted by Gasteiger charge is -2.09. The van der Waals surface area contributed by atoms with Gasteiger partial charge in [0.25, 0.3) is 0 Å². The van der Waals surface area contributed by atoms with Gasteiger partial charge in [0.1, 0.15) is 0 Å². The average Bonchev–Trinajstić information content (AvgIpc) is 1.96. The van der Waals surface area contributed by atoms with Crippen molar-refractivity contribution in [3.05, 3.63) is 0 Å². The van der Waals surface area contributed by atoms with Gasteiger partial charge in [-0.15, -0.1) is 0 Å². The normalized spacial score (nSPS) is 8.17. The minimum Gasteiger partial charge on any atom is -0.274 e. The lowest BCUT2D eigenvalue weighted by atomic mass is 10.7. The molecule has 0 rings (SSSR count). The summed E-state index contributed by atoms with van der Waals surface area (Å²) < 4.78 is 0. The summed E-state index contributed by atoms with van der Waals surface area (Å²) in [4.78, 5) is 20.7. The maximum Gasteiger partial charge on any atom is 0.235 e. The molecule has 4 N–H and O–H groups in total. The van der Waals surface area contributed by atoms with E-state index in [0.717, 1.165) is 0 Å². The Morgan fingerprint density at radius 3 is 1.50 bits per heavy atom. The van der Waals surface area contributed by atoms with Crippen LogP contribution in [0.3, 0.4) is 0 Å². The molecule has 0 aliphatic heterocycles. The van der Waals surface area contributed by atoms with Crippen LogP contribution in [0.25, 0.3) is 0 Å². The Labute approximate surface area is 75.0 Å². The fourth-order valence-corrected chi connectivity index (χ4v) is 0.423. The maximum atomic E-state index is 10.3. The quantitative estimate of drug-likeness (QED) is 0.277. The van der Waals surface area contributed by atoms with Crippen LogP contribution in [-0.2, 0) is 9.59 Å². The molecular weight excluding hydrogens is 180 g/mol. The zero-order valence-electron chi connectivity index (χ0n) is 6.72. The van der Waals surface area contributed by atoms with Crippen LogP contribution in [0.15, 0.2) is 0 Å². The number of carbonyl (C=O) groups is 2. The molecule has 6 nitrogen and oxygen atoms in total. The molecule has 0 atom stereocenters. The van der Waals surface area contributed by atoms with Crippen LogP contribution in [0, 0.1) is 0 Å². The Bertz CT molecular complexity index is 186. The highest BCUT2D eigenvalue weighted by Crippen LogP contribution is 1.61. The molecule has 2 amide bonds. The van der Waals surface area contributed by atoms with Crippen molar-refractivity contribution in [2.24, 2.45) is 0 Å².